The molecule has 4 heterocycles. The molecule has 1 N–H and O–H groups in total. The summed E-state index contributed by atoms with van der Waals surface area (Å²) in [7, 11) is 0. The molecule has 0 amide bonds. The first-order valence-corrected chi connectivity index (χ1v) is 10.7. The molecule has 1 unspecified atom stereocenters. The number of thiophene rings is 1. The average Bonchev–Trinajstić information content (AvgIpc) is 3.54. The van der Waals surface area contributed by atoms with Gasteiger partial charge in [-0.25, -0.2) is 4.98 Å². The van der Waals surface area contributed by atoms with E-state index in [-0.39, 0.29) is 6.79 Å². The van der Waals surface area contributed by atoms with Gasteiger partial charge in [0.05, 0.1) is 5.39 Å². The van der Waals surface area contributed by atoms with Crippen LogP contribution in [0.5, 0.6) is 11.5 Å². The molecule has 1 aliphatic heterocycles. The first-order valence-electron chi connectivity index (χ1n) is 9.87. The molecular formula is C21H16N6O2S. The van der Waals surface area contributed by atoms with E-state index in [4.69, 9.17) is 19.4 Å². The van der Waals surface area contributed by atoms with Crippen LogP contribution in [0.4, 0.5) is 5.82 Å². The molecule has 30 heavy (non-hydrogen) atoms. The fourth-order valence-electron chi connectivity index (χ4n) is 4.49. The van der Waals surface area contributed by atoms with Crippen LogP contribution in [0.2, 0.25) is 0 Å². The predicted octanol–water partition coefficient (Wildman–Crippen LogP) is 3.89. The van der Waals surface area contributed by atoms with Gasteiger partial charge in [0.25, 0.3) is 5.95 Å². The van der Waals surface area contributed by atoms with Gasteiger partial charge >= 0.3 is 0 Å². The molecule has 0 saturated heterocycles. The lowest BCUT2D eigenvalue weighted by Crippen LogP contribution is -2.11. The zero-order valence-electron chi connectivity index (χ0n) is 15.8. The topological polar surface area (TPSA) is 87.0 Å². The minimum Gasteiger partial charge on any atom is -0.454 e. The van der Waals surface area contributed by atoms with Gasteiger partial charge in [0, 0.05) is 22.9 Å². The fourth-order valence-corrected chi connectivity index (χ4v) is 5.84. The Morgan fingerprint density at radius 3 is 3.10 bits per heavy atom. The number of nitrogens with zero attached hydrogens (tertiary/aromatic N) is 5. The highest BCUT2D eigenvalue weighted by atomic mass is 32.1. The summed E-state index contributed by atoms with van der Waals surface area (Å²) in [6, 6.07) is 5.99. The SMILES string of the molecule is C1=C2c3c(sc4nc(-n5cncn5)nc(NCc5ccc6c(c5)OCO6)c34)C2CC1. The second kappa shape index (κ2) is 6.02. The Labute approximate surface area is 175 Å². The van der Waals surface area contributed by atoms with E-state index in [1.807, 2.05) is 18.2 Å². The number of aromatic nitrogens is 5. The van der Waals surface area contributed by atoms with E-state index in [0.29, 0.717) is 18.4 Å². The van der Waals surface area contributed by atoms with Crippen molar-refractivity contribution in [3.05, 3.63) is 52.9 Å². The molecule has 1 atom stereocenters. The molecule has 0 radical (unpaired) electrons. The van der Waals surface area contributed by atoms with Gasteiger partial charge in [-0.05, 0) is 36.1 Å². The van der Waals surface area contributed by atoms with Crippen molar-refractivity contribution >= 4 is 32.9 Å². The van der Waals surface area contributed by atoms with E-state index < -0.39 is 0 Å². The Balaban J connectivity index is 1.32. The maximum Gasteiger partial charge on any atom is 0.255 e. The van der Waals surface area contributed by atoms with E-state index in [2.05, 4.69) is 21.5 Å². The van der Waals surface area contributed by atoms with Crippen LogP contribution in [0.25, 0.3) is 21.7 Å². The quantitative estimate of drug-likeness (QED) is 0.540. The summed E-state index contributed by atoms with van der Waals surface area (Å²) in [5.74, 6) is 3.50. The second-order valence-corrected chi connectivity index (χ2v) is 8.59. The maximum atomic E-state index is 5.51. The van der Waals surface area contributed by atoms with Crippen molar-refractivity contribution in [3.8, 4) is 17.4 Å². The number of allylic oxidation sites excluding steroid dienone is 2. The van der Waals surface area contributed by atoms with Gasteiger partial charge < -0.3 is 14.8 Å². The summed E-state index contributed by atoms with van der Waals surface area (Å²) in [6.07, 6.45) is 7.84. The van der Waals surface area contributed by atoms with Crippen LogP contribution in [0.3, 0.4) is 0 Å². The van der Waals surface area contributed by atoms with Crippen molar-refractivity contribution in [1.82, 2.24) is 24.7 Å². The Kier molecular flexibility index (Phi) is 3.28. The third-order valence-electron chi connectivity index (χ3n) is 5.89. The van der Waals surface area contributed by atoms with E-state index in [0.717, 1.165) is 39.5 Å². The van der Waals surface area contributed by atoms with Gasteiger partial charge in [-0.15, -0.1) is 11.3 Å². The first kappa shape index (κ1) is 16.3. The zero-order valence-corrected chi connectivity index (χ0v) is 16.6. The van der Waals surface area contributed by atoms with Gasteiger partial charge in [-0.3, -0.25) is 0 Å². The van der Waals surface area contributed by atoms with Crippen molar-refractivity contribution in [2.45, 2.75) is 25.3 Å². The maximum absolute atomic E-state index is 5.51. The fraction of sp³-hybridized carbons (Fsp3) is 0.238. The van der Waals surface area contributed by atoms with Gasteiger partial charge in [-0.2, -0.15) is 19.7 Å². The van der Waals surface area contributed by atoms with Crippen LogP contribution in [0, 0.1) is 0 Å². The molecule has 1 aromatic carbocycles. The molecule has 2 aliphatic carbocycles. The van der Waals surface area contributed by atoms with E-state index >= 15 is 0 Å². The van der Waals surface area contributed by atoms with E-state index in [1.165, 1.54) is 28.8 Å². The van der Waals surface area contributed by atoms with Crippen molar-refractivity contribution in [2.24, 2.45) is 0 Å². The largest absolute Gasteiger partial charge is 0.454 e. The standard InChI is InChI=1S/C21H16N6O2S/c1-2-12-13(3-1)18-16(12)17-19(23-7-11-4-5-14-15(6-11)29-10-28-14)25-21(26-20(17)30-18)27-9-22-8-24-27/h2,4-6,8-9,13H,1,3,7,10H2,(H,23,25,26). The summed E-state index contributed by atoms with van der Waals surface area (Å²) in [4.78, 5) is 16.1. The predicted molar refractivity (Wildman–Crippen MR) is 112 cm³/mol. The van der Waals surface area contributed by atoms with Gasteiger partial charge in [0.1, 0.15) is 23.3 Å². The normalized spacial score (nSPS) is 18.1. The smallest absolute Gasteiger partial charge is 0.255 e. The van der Waals surface area contributed by atoms with E-state index in [9.17, 15) is 0 Å². The molecule has 3 aromatic heterocycles. The summed E-state index contributed by atoms with van der Waals surface area (Å²) >= 11 is 1.78. The Morgan fingerprint density at radius 2 is 2.17 bits per heavy atom. The van der Waals surface area contributed by atoms with Crippen molar-refractivity contribution in [1.29, 1.82) is 0 Å². The van der Waals surface area contributed by atoms with E-state index in [1.54, 1.807) is 22.3 Å². The average molecular weight is 416 g/mol. The van der Waals surface area contributed by atoms with Crippen LogP contribution in [0.15, 0.2) is 36.9 Å². The molecule has 0 saturated carbocycles. The molecule has 7 rings (SSSR count). The van der Waals surface area contributed by atoms with Crippen molar-refractivity contribution < 1.29 is 9.47 Å². The monoisotopic (exact) mass is 416 g/mol. The minimum absolute atomic E-state index is 0.275. The highest BCUT2D eigenvalue weighted by molar-refractivity contribution is 7.19. The lowest BCUT2D eigenvalue weighted by molar-refractivity contribution is 0.174. The number of ether oxygens (including phenoxy) is 2. The lowest BCUT2D eigenvalue weighted by atomic mass is 9.80. The van der Waals surface area contributed by atoms with Crippen LogP contribution in [0.1, 0.15) is 34.8 Å². The number of hydrogen-bond acceptors (Lipinski definition) is 8. The number of rotatable bonds is 4. The Morgan fingerprint density at radius 1 is 1.20 bits per heavy atom. The third-order valence-corrected chi connectivity index (χ3v) is 7.09. The van der Waals surface area contributed by atoms with Gasteiger partial charge in [0.15, 0.2) is 11.5 Å². The Bertz CT molecular complexity index is 1340. The molecule has 0 spiro atoms. The summed E-state index contributed by atoms with van der Waals surface area (Å²) in [5, 5.41) is 8.86. The molecule has 9 heteroatoms. The van der Waals surface area contributed by atoms with Gasteiger partial charge in [0.2, 0.25) is 6.79 Å². The Hall–Kier alpha value is -3.46. The van der Waals surface area contributed by atoms with Crippen molar-refractivity contribution in [2.75, 3.05) is 12.1 Å². The molecule has 3 aliphatic rings. The summed E-state index contributed by atoms with van der Waals surface area (Å²) < 4.78 is 12.5. The number of hydrogen-bond donors (Lipinski definition) is 1. The summed E-state index contributed by atoms with van der Waals surface area (Å²) in [6.45, 7) is 0.893. The lowest BCUT2D eigenvalue weighted by Gasteiger charge is -2.26. The summed E-state index contributed by atoms with van der Waals surface area (Å²) in [5.41, 5.74) is 3.88. The molecule has 0 fully saturated rings. The molecule has 4 aromatic rings. The first-order chi connectivity index (χ1) is 14.8. The van der Waals surface area contributed by atoms with Crippen LogP contribution >= 0.6 is 11.3 Å². The zero-order chi connectivity index (χ0) is 19.7. The molecule has 8 nitrogen and oxygen atoms in total. The molecule has 0 bridgehead atoms. The van der Waals surface area contributed by atoms with Crippen LogP contribution < -0.4 is 14.8 Å². The third kappa shape index (κ3) is 2.26. The van der Waals surface area contributed by atoms with Crippen molar-refractivity contribution in [3.63, 3.8) is 0 Å². The molecular weight excluding hydrogens is 400 g/mol. The highest BCUT2D eigenvalue weighted by Gasteiger charge is 2.39. The highest BCUT2D eigenvalue weighted by Crippen LogP contribution is 2.59. The minimum atomic E-state index is 0.275. The number of benzene rings is 1. The van der Waals surface area contributed by atoms with Crippen LogP contribution in [-0.2, 0) is 6.54 Å². The number of anilines is 1. The second-order valence-electron chi connectivity index (χ2n) is 7.56. The van der Waals surface area contributed by atoms with Gasteiger partial charge in [-0.1, -0.05) is 12.1 Å². The molecule has 148 valence electrons. The van der Waals surface area contributed by atoms with Crippen LogP contribution in [-0.4, -0.2) is 31.5 Å². The number of nitrogens with one attached hydrogen (secondary N) is 1. The number of fused-ring (bicyclic) bond motifs is 7.